The quantitative estimate of drug-likeness (QED) is 0.424. The van der Waals surface area contributed by atoms with Gasteiger partial charge in [0.15, 0.2) is 17.5 Å². The molecule has 1 aliphatic rings. The van der Waals surface area contributed by atoms with Crippen molar-refractivity contribution in [2.75, 3.05) is 6.61 Å². The first kappa shape index (κ1) is 14.8. The summed E-state index contributed by atoms with van der Waals surface area (Å²) in [5.41, 5.74) is 2.08. The Labute approximate surface area is 117 Å². The highest BCUT2D eigenvalue weighted by atomic mass is 16.6. The molecule has 112 valence electrons. The minimum atomic E-state index is -2.45. The van der Waals surface area contributed by atoms with Gasteiger partial charge in [-0.2, -0.15) is 0 Å². The molecule has 9 heteroatoms. The Kier molecular flexibility index (Phi) is 3.54. The van der Waals surface area contributed by atoms with Gasteiger partial charge in [0.2, 0.25) is 5.76 Å². The van der Waals surface area contributed by atoms with Gasteiger partial charge in [-0.15, -0.1) is 0 Å². The molecule has 1 aromatic heterocycles. The van der Waals surface area contributed by atoms with Crippen molar-refractivity contribution in [3.05, 3.63) is 41.1 Å². The van der Waals surface area contributed by atoms with Crippen LogP contribution in [-0.4, -0.2) is 50.0 Å². The zero-order valence-corrected chi connectivity index (χ0v) is 10.6. The van der Waals surface area contributed by atoms with Gasteiger partial charge in [-0.3, -0.25) is 9.78 Å². The molecule has 1 amide bonds. The predicted molar refractivity (Wildman–Crippen MR) is 65.9 cm³/mol. The molecule has 2 rings (SSSR count). The molecule has 0 unspecified atom stereocenters. The molecule has 2 atom stereocenters. The van der Waals surface area contributed by atoms with Crippen molar-refractivity contribution < 1.29 is 34.8 Å². The fourth-order valence-electron chi connectivity index (χ4n) is 2.00. The van der Waals surface area contributed by atoms with Crippen molar-refractivity contribution in [2.45, 2.75) is 11.7 Å². The molecule has 0 radical (unpaired) electrons. The second kappa shape index (κ2) is 5.04. The van der Waals surface area contributed by atoms with Crippen molar-refractivity contribution in [1.29, 1.82) is 0 Å². The molecule has 9 nitrogen and oxygen atoms in total. The van der Waals surface area contributed by atoms with Crippen LogP contribution in [0.5, 0.6) is 0 Å². The van der Waals surface area contributed by atoms with Gasteiger partial charge in [-0.25, -0.2) is 4.79 Å². The first-order chi connectivity index (χ1) is 9.82. The number of hydrogen-bond acceptors (Lipinski definition) is 8. The maximum absolute atomic E-state index is 11.4. The minimum Gasteiger partial charge on any atom is -0.505 e. The summed E-state index contributed by atoms with van der Waals surface area (Å²) in [5.74, 6) is -4.29. The fourth-order valence-corrected chi connectivity index (χ4v) is 2.00. The number of hydrogen-bond donors (Lipinski definition) is 5. The third-order valence-corrected chi connectivity index (χ3v) is 3.07. The highest BCUT2D eigenvalue weighted by Crippen LogP contribution is 2.35. The first-order valence-corrected chi connectivity index (χ1v) is 5.74. The van der Waals surface area contributed by atoms with Crippen LogP contribution in [0.15, 0.2) is 29.8 Å². The normalized spacial score (nSPS) is 21.0. The van der Waals surface area contributed by atoms with Crippen molar-refractivity contribution in [3.63, 3.8) is 0 Å². The number of carbonyl (C=O) groups is 2. The van der Waals surface area contributed by atoms with E-state index >= 15 is 0 Å². The number of amides is 1. The van der Waals surface area contributed by atoms with Crippen LogP contribution in [0.3, 0.4) is 0 Å². The molecule has 1 aliphatic heterocycles. The number of cyclic esters (lactones) is 1. The lowest BCUT2D eigenvalue weighted by molar-refractivity contribution is -0.162. The van der Waals surface area contributed by atoms with Gasteiger partial charge in [0.1, 0.15) is 0 Å². The highest BCUT2D eigenvalue weighted by molar-refractivity contribution is 5.94. The number of pyridine rings is 1. The number of ether oxygens (including phenoxy) is 1. The van der Waals surface area contributed by atoms with E-state index < -0.39 is 41.7 Å². The van der Waals surface area contributed by atoms with E-state index in [1.165, 1.54) is 18.3 Å². The minimum absolute atomic E-state index is 0.232. The summed E-state index contributed by atoms with van der Waals surface area (Å²) in [7, 11) is 0. The molecule has 2 heterocycles. The van der Waals surface area contributed by atoms with E-state index in [2.05, 4.69) is 9.72 Å². The van der Waals surface area contributed by atoms with E-state index in [4.69, 9.17) is 5.73 Å². The number of nitrogens with zero attached hydrogens (tertiary/aromatic N) is 1. The van der Waals surface area contributed by atoms with Crippen LogP contribution < -0.4 is 5.73 Å². The molecular formula is C12H12N2O7. The van der Waals surface area contributed by atoms with Crippen LogP contribution in [0.4, 0.5) is 0 Å². The third-order valence-electron chi connectivity index (χ3n) is 3.07. The van der Waals surface area contributed by atoms with E-state index in [0.717, 1.165) is 0 Å². The average molecular weight is 296 g/mol. The summed E-state index contributed by atoms with van der Waals surface area (Å²) in [5, 5.41) is 38.9. The Morgan fingerprint density at radius 2 is 2.14 bits per heavy atom. The van der Waals surface area contributed by atoms with Gasteiger partial charge in [0.05, 0.1) is 17.9 Å². The summed E-state index contributed by atoms with van der Waals surface area (Å²) in [6.45, 7) is -1.06. The Morgan fingerprint density at radius 3 is 2.62 bits per heavy atom. The molecule has 0 aromatic carbocycles. The molecule has 0 aliphatic carbocycles. The van der Waals surface area contributed by atoms with Crippen LogP contribution in [0.1, 0.15) is 16.1 Å². The molecule has 0 saturated carbocycles. The molecule has 0 fully saturated rings. The number of nitrogens with two attached hydrogens (primary N) is 1. The molecule has 1 aromatic rings. The van der Waals surface area contributed by atoms with E-state index in [0.29, 0.717) is 0 Å². The van der Waals surface area contributed by atoms with Gasteiger partial charge >= 0.3 is 5.97 Å². The van der Waals surface area contributed by atoms with Crippen molar-refractivity contribution in [2.24, 2.45) is 5.73 Å². The van der Waals surface area contributed by atoms with Crippen LogP contribution in [0.25, 0.3) is 0 Å². The fraction of sp³-hybridized carbons (Fsp3) is 0.250. The number of carbonyl (C=O) groups excluding carboxylic acids is 2. The average Bonchev–Trinajstić information content (AvgIpc) is 2.74. The van der Waals surface area contributed by atoms with Crippen LogP contribution in [0.2, 0.25) is 0 Å². The van der Waals surface area contributed by atoms with Crippen LogP contribution in [0, 0.1) is 0 Å². The van der Waals surface area contributed by atoms with Crippen molar-refractivity contribution in [1.82, 2.24) is 4.98 Å². The van der Waals surface area contributed by atoms with E-state index in [9.17, 15) is 30.0 Å². The lowest BCUT2D eigenvalue weighted by atomic mass is 9.88. The van der Waals surface area contributed by atoms with Gasteiger partial charge in [-0.05, 0) is 12.1 Å². The molecule has 21 heavy (non-hydrogen) atoms. The first-order valence-electron chi connectivity index (χ1n) is 5.74. The molecule has 0 spiro atoms. The van der Waals surface area contributed by atoms with Gasteiger partial charge in [0.25, 0.3) is 5.91 Å². The maximum atomic E-state index is 11.4. The summed E-state index contributed by atoms with van der Waals surface area (Å²) in [6, 6.07) is 2.61. The van der Waals surface area contributed by atoms with E-state index in [-0.39, 0.29) is 11.3 Å². The predicted octanol–water partition coefficient (Wildman–Crippen LogP) is -1.39. The van der Waals surface area contributed by atoms with E-state index in [1.54, 1.807) is 0 Å². The maximum Gasteiger partial charge on any atom is 0.378 e. The SMILES string of the molecule is NC(=O)c1cccnc1[C@](O)(CO)[C@H]1OC(=O)C(O)=C1O. The number of rotatable bonds is 4. The number of aliphatic hydroxyl groups excluding tert-OH is 3. The third kappa shape index (κ3) is 2.18. The summed E-state index contributed by atoms with van der Waals surface area (Å²) in [6.07, 6.45) is -0.609. The lowest BCUT2D eigenvalue weighted by Gasteiger charge is -2.31. The van der Waals surface area contributed by atoms with Crippen LogP contribution in [-0.2, 0) is 15.1 Å². The second-order valence-corrected chi connectivity index (χ2v) is 4.37. The zero-order valence-electron chi connectivity index (χ0n) is 10.6. The smallest absolute Gasteiger partial charge is 0.378 e. The summed E-state index contributed by atoms with van der Waals surface area (Å²) >= 11 is 0. The van der Waals surface area contributed by atoms with E-state index in [1.807, 2.05) is 0 Å². The van der Waals surface area contributed by atoms with Crippen LogP contribution >= 0.6 is 0 Å². The standard InChI is InChI=1S/C12H12N2O7/c13-10(18)5-2-1-3-14-8(5)12(20,4-15)9-6(16)7(17)11(19)21-9/h1-3,9,15-17,20H,4H2,(H2,13,18)/t9-,12+/m0/s1. The number of aromatic nitrogens is 1. The molecule has 0 saturated heterocycles. The molecular weight excluding hydrogens is 284 g/mol. The van der Waals surface area contributed by atoms with Gasteiger partial charge < -0.3 is 30.9 Å². The topological polar surface area (TPSA) is 163 Å². The molecule has 0 bridgehead atoms. The highest BCUT2D eigenvalue weighted by Gasteiger charge is 2.52. The Bertz CT molecular complexity index is 642. The van der Waals surface area contributed by atoms with Gasteiger partial charge in [-0.1, -0.05) is 0 Å². The number of aliphatic hydroxyl groups is 4. The second-order valence-electron chi connectivity index (χ2n) is 4.37. The largest absolute Gasteiger partial charge is 0.505 e. The molecule has 6 N–H and O–H groups in total. The van der Waals surface area contributed by atoms with Crippen molar-refractivity contribution >= 4 is 11.9 Å². The number of primary amides is 1. The Morgan fingerprint density at radius 1 is 1.48 bits per heavy atom. The number of esters is 1. The zero-order chi connectivity index (χ0) is 15.8. The lowest BCUT2D eigenvalue weighted by Crippen LogP contribution is -2.46. The van der Waals surface area contributed by atoms with Gasteiger partial charge in [0, 0.05) is 6.20 Å². The van der Waals surface area contributed by atoms with Crippen molar-refractivity contribution in [3.8, 4) is 0 Å². The Hall–Kier alpha value is -2.65. The summed E-state index contributed by atoms with van der Waals surface area (Å²) in [4.78, 5) is 26.3. The summed E-state index contributed by atoms with van der Waals surface area (Å²) < 4.78 is 4.62. The Balaban J connectivity index is 2.59. The monoisotopic (exact) mass is 296 g/mol.